The molecular weight excluding hydrogens is 336 g/mol. The van der Waals surface area contributed by atoms with Gasteiger partial charge in [-0.15, -0.1) is 0 Å². The van der Waals surface area contributed by atoms with E-state index in [1.807, 2.05) is 54.6 Å². The first kappa shape index (κ1) is 14.7. The van der Waals surface area contributed by atoms with Gasteiger partial charge >= 0.3 is 0 Å². The van der Waals surface area contributed by atoms with E-state index in [1.165, 1.54) is 0 Å². The lowest BCUT2D eigenvalue weighted by Gasteiger charge is -1.99. The van der Waals surface area contributed by atoms with E-state index in [2.05, 4.69) is 19.9 Å². The van der Waals surface area contributed by atoms with Crippen molar-refractivity contribution < 1.29 is 6.48 Å². The Bertz CT molecular complexity index is 1310. The lowest BCUT2D eigenvalue weighted by Crippen LogP contribution is -1.88. The molecule has 3 aromatic heterocycles. The quantitative estimate of drug-likeness (QED) is 0.463. The third-order valence-corrected chi connectivity index (χ3v) is 4.57. The molecule has 0 spiro atoms. The van der Waals surface area contributed by atoms with E-state index in [0.29, 0.717) is 17.4 Å². The van der Waals surface area contributed by atoms with Gasteiger partial charge in [0.15, 0.2) is 0 Å². The predicted octanol–water partition coefficient (Wildman–Crippen LogP) is 4.71. The number of aliphatic hydroxyl groups excluding tert-OH is 1. The first-order valence-electron chi connectivity index (χ1n) is 9.30. The highest BCUT2D eigenvalue weighted by Crippen LogP contribution is 2.23. The molecule has 0 aromatic carbocycles. The summed E-state index contributed by atoms with van der Waals surface area (Å²) in [5.74, 6) is 0. The highest BCUT2D eigenvalue weighted by molar-refractivity contribution is 5.78. The van der Waals surface area contributed by atoms with Gasteiger partial charge in [-0.2, -0.15) is 0 Å². The van der Waals surface area contributed by atoms with Crippen LogP contribution in [0.1, 0.15) is 42.7 Å². The minimum atomic E-state index is -0.628. The predicted molar refractivity (Wildman–Crippen MR) is 109 cm³/mol. The van der Waals surface area contributed by atoms with Gasteiger partial charge in [0.25, 0.3) is 0 Å². The molecular formula is C22H18N4O. The monoisotopic (exact) mass is 355 g/mol. The van der Waals surface area contributed by atoms with Crippen LogP contribution in [-0.2, 0) is 0 Å². The van der Waals surface area contributed by atoms with Gasteiger partial charge in [0.05, 0.1) is 30.3 Å². The van der Waals surface area contributed by atoms with Crippen LogP contribution in [0, 0.1) is 0 Å². The number of nitrogens with zero attached hydrogens (tertiary/aromatic N) is 2. The standard InChI is InChI=1S/C22H18N4O/c1-13(27)21-11-20-10-18-5-4-16(24-18)8-14-2-3-15(23-14)9-17-6-7-19(25-17)12-22(21)26-20/h2-13,23,26-27H,1H3/i6D. The maximum Gasteiger partial charge on any atom is 0.0782 e. The van der Waals surface area contributed by atoms with Crippen LogP contribution < -0.4 is 0 Å². The number of rotatable bonds is 1. The minimum Gasteiger partial charge on any atom is -0.389 e. The topological polar surface area (TPSA) is 77.6 Å². The molecule has 2 aliphatic rings. The maximum absolute atomic E-state index is 10.2. The number of nitrogens with one attached hydrogen (secondary N) is 2. The van der Waals surface area contributed by atoms with Crippen molar-refractivity contribution in [1.29, 1.82) is 0 Å². The Morgan fingerprint density at radius 1 is 0.815 bits per heavy atom. The van der Waals surface area contributed by atoms with Crippen LogP contribution in [0.2, 0.25) is 0 Å². The molecule has 27 heavy (non-hydrogen) atoms. The molecule has 0 amide bonds. The van der Waals surface area contributed by atoms with E-state index in [1.54, 1.807) is 13.0 Å². The first-order chi connectivity index (χ1) is 13.5. The van der Waals surface area contributed by atoms with Crippen LogP contribution in [-0.4, -0.2) is 25.0 Å². The van der Waals surface area contributed by atoms with Gasteiger partial charge in [0.1, 0.15) is 0 Å². The fourth-order valence-electron chi connectivity index (χ4n) is 3.32. The van der Waals surface area contributed by atoms with Crippen molar-refractivity contribution in [2.24, 2.45) is 0 Å². The molecule has 5 heteroatoms. The average Bonchev–Trinajstić information content (AvgIpc) is 3.40. The van der Waals surface area contributed by atoms with Gasteiger partial charge in [-0.05, 0) is 73.7 Å². The van der Waals surface area contributed by atoms with Crippen LogP contribution in [0.3, 0.4) is 0 Å². The van der Waals surface area contributed by atoms with Gasteiger partial charge in [-0.1, -0.05) is 0 Å². The molecule has 3 N–H and O–H groups in total. The number of hydrogen-bond donors (Lipinski definition) is 3. The zero-order chi connectivity index (χ0) is 19.3. The number of aliphatic hydroxyl groups is 1. The van der Waals surface area contributed by atoms with Crippen LogP contribution in [0.15, 0.2) is 42.5 Å². The Balaban J connectivity index is 1.88. The summed E-state index contributed by atoms with van der Waals surface area (Å²) in [5.41, 5.74) is 7.18. The van der Waals surface area contributed by atoms with Crippen LogP contribution in [0.5, 0.6) is 0 Å². The Labute approximate surface area is 157 Å². The van der Waals surface area contributed by atoms with Gasteiger partial charge in [-0.25, -0.2) is 9.97 Å². The van der Waals surface area contributed by atoms with Gasteiger partial charge in [0, 0.05) is 27.6 Å². The number of aromatic amines is 2. The summed E-state index contributed by atoms with van der Waals surface area (Å²) in [5, 5.41) is 10.2. The van der Waals surface area contributed by atoms with Crippen LogP contribution in [0.4, 0.5) is 0 Å². The Morgan fingerprint density at radius 2 is 1.44 bits per heavy atom. The molecule has 0 saturated heterocycles. The fourth-order valence-corrected chi connectivity index (χ4v) is 3.32. The number of hydrogen-bond acceptors (Lipinski definition) is 3. The van der Waals surface area contributed by atoms with Crippen LogP contribution >= 0.6 is 0 Å². The van der Waals surface area contributed by atoms with Crippen molar-refractivity contribution in [2.45, 2.75) is 13.0 Å². The summed E-state index contributed by atoms with van der Waals surface area (Å²) in [6.45, 7) is 1.73. The summed E-state index contributed by atoms with van der Waals surface area (Å²) >= 11 is 0. The lowest BCUT2D eigenvalue weighted by atomic mass is 10.1. The van der Waals surface area contributed by atoms with Crippen molar-refractivity contribution >= 4 is 46.3 Å². The second-order valence-corrected chi connectivity index (χ2v) is 6.72. The molecule has 5 heterocycles. The zero-order valence-corrected chi connectivity index (χ0v) is 14.7. The van der Waals surface area contributed by atoms with E-state index in [9.17, 15) is 5.11 Å². The van der Waals surface area contributed by atoms with Crippen molar-refractivity contribution in [1.82, 2.24) is 19.9 Å². The van der Waals surface area contributed by atoms with E-state index in [-0.39, 0.29) is 0 Å². The summed E-state index contributed by atoms with van der Waals surface area (Å²) in [4.78, 5) is 15.8. The molecule has 3 aromatic rings. The largest absolute Gasteiger partial charge is 0.389 e. The average molecular weight is 355 g/mol. The summed E-state index contributed by atoms with van der Waals surface area (Å²) in [7, 11) is 0. The molecule has 0 fully saturated rings. The molecule has 5 rings (SSSR count). The smallest absolute Gasteiger partial charge is 0.0782 e. The third-order valence-electron chi connectivity index (χ3n) is 4.57. The van der Waals surface area contributed by atoms with E-state index >= 15 is 0 Å². The van der Waals surface area contributed by atoms with Crippen molar-refractivity contribution in [3.63, 3.8) is 0 Å². The molecule has 0 saturated carbocycles. The number of fused-ring (bicyclic) bond motifs is 8. The molecule has 1 unspecified atom stereocenters. The SMILES string of the molecule is [2H]C1=Cc2cc3[nH]c(cc4nc(cc5ccc(cc1n2)[nH]5)C=C4)cc3C(C)O. The normalized spacial score (nSPS) is 14.7. The zero-order valence-electron chi connectivity index (χ0n) is 15.7. The van der Waals surface area contributed by atoms with Gasteiger partial charge in [-0.3, -0.25) is 0 Å². The Morgan fingerprint density at radius 3 is 2.19 bits per heavy atom. The molecule has 2 aliphatic heterocycles. The minimum absolute atomic E-state index is 0.356. The molecule has 132 valence electrons. The van der Waals surface area contributed by atoms with Gasteiger partial charge in [0.2, 0.25) is 0 Å². The summed E-state index contributed by atoms with van der Waals surface area (Å²) < 4.78 is 8.22. The third kappa shape index (κ3) is 3.09. The Hall–Kier alpha value is -3.44. The van der Waals surface area contributed by atoms with Crippen molar-refractivity contribution in [3.05, 3.63) is 70.8 Å². The highest BCUT2D eigenvalue weighted by atomic mass is 16.3. The van der Waals surface area contributed by atoms with Gasteiger partial charge < -0.3 is 15.1 Å². The first-order valence-corrected chi connectivity index (χ1v) is 8.80. The summed E-state index contributed by atoms with van der Waals surface area (Å²) in [6.07, 6.45) is 5.02. The Kier molecular flexibility index (Phi) is 3.31. The molecule has 0 aliphatic carbocycles. The molecule has 5 nitrogen and oxygen atoms in total. The second-order valence-electron chi connectivity index (χ2n) is 6.72. The second kappa shape index (κ2) is 6.07. The molecule has 0 radical (unpaired) electrons. The number of aromatic nitrogens is 4. The molecule has 1 atom stereocenters. The van der Waals surface area contributed by atoms with Crippen molar-refractivity contribution in [2.75, 3.05) is 0 Å². The highest BCUT2D eigenvalue weighted by Gasteiger charge is 2.08. The number of H-pyrrole nitrogens is 2. The molecule has 8 bridgehead atoms. The van der Waals surface area contributed by atoms with Crippen molar-refractivity contribution in [3.8, 4) is 0 Å². The lowest BCUT2D eigenvalue weighted by molar-refractivity contribution is 0.201. The van der Waals surface area contributed by atoms with E-state index in [0.717, 1.165) is 39.0 Å². The fraction of sp³-hybridized carbons (Fsp3) is 0.0909. The van der Waals surface area contributed by atoms with E-state index < -0.39 is 6.10 Å². The summed E-state index contributed by atoms with van der Waals surface area (Å²) in [6, 6.07) is 13.8. The maximum atomic E-state index is 10.2. The van der Waals surface area contributed by atoms with Crippen LogP contribution in [0.25, 0.3) is 46.3 Å². The van der Waals surface area contributed by atoms with E-state index in [4.69, 9.17) is 1.37 Å².